The lowest BCUT2D eigenvalue weighted by Crippen LogP contribution is -2.14. The Labute approximate surface area is 171 Å². The molecule has 1 aromatic heterocycles. The Balaban J connectivity index is 2.21. The van der Waals surface area contributed by atoms with Crippen molar-refractivity contribution in [3.05, 3.63) is 76.2 Å². The molecule has 0 aliphatic carbocycles. The summed E-state index contributed by atoms with van der Waals surface area (Å²) in [4.78, 5) is 22.6. The number of benzene rings is 2. The zero-order chi connectivity index (χ0) is 21.1. The number of hydrogen-bond donors (Lipinski definition) is 3. The van der Waals surface area contributed by atoms with E-state index in [1.54, 1.807) is 36.4 Å². The number of aryl methyl sites for hydroxylation is 1. The van der Waals surface area contributed by atoms with Crippen LogP contribution in [0.1, 0.15) is 28.0 Å². The van der Waals surface area contributed by atoms with Crippen LogP contribution in [0.15, 0.2) is 48.5 Å². The molecule has 1 heterocycles. The number of aromatic nitrogens is 1. The molecule has 0 saturated carbocycles. The molecular weight excluding hydrogens is 397 g/mol. The summed E-state index contributed by atoms with van der Waals surface area (Å²) in [6.45, 7) is 0.126. The molecule has 0 spiro atoms. The van der Waals surface area contributed by atoms with E-state index in [1.165, 1.54) is 12.1 Å². The predicted molar refractivity (Wildman–Crippen MR) is 109 cm³/mol. The van der Waals surface area contributed by atoms with Crippen molar-refractivity contribution >= 4 is 23.5 Å². The van der Waals surface area contributed by atoms with E-state index in [2.05, 4.69) is 0 Å². The van der Waals surface area contributed by atoms with Gasteiger partial charge in [-0.25, -0.2) is 4.39 Å². The largest absolute Gasteiger partial charge is 0.481 e. The van der Waals surface area contributed by atoms with E-state index < -0.39 is 17.7 Å². The second-order valence-corrected chi connectivity index (χ2v) is 6.89. The number of carbonyl (C=O) groups is 2. The van der Waals surface area contributed by atoms with Crippen molar-refractivity contribution in [2.75, 3.05) is 0 Å². The van der Waals surface area contributed by atoms with Gasteiger partial charge in [0.25, 0.3) is 0 Å². The van der Waals surface area contributed by atoms with Crippen LogP contribution in [-0.2, 0) is 17.8 Å². The molecule has 0 fully saturated rings. The van der Waals surface area contributed by atoms with Gasteiger partial charge in [0.15, 0.2) is 0 Å². The summed E-state index contributed by atoms with van der Waals surface area (Å²) in [7, 11) is 0. The van der Waals surface area contributed by atoms with Crippen LogP contribution in [-0.4, -0.2) is 21.6 Å². The first-order valence-corrected chi connectivity index (χ1v) is 9.20. The maximum Gasteiger partial charge on any atom is 0.303 e. The predicted octanol–water partition coefficient (Wildman–Crippen LogP) is 3.51. The van der Waals surface area contributed by atoms with Crippen molar-refractivity contribution in [3.63, 3.8) is 0 Å². The van der Waals surface area contributed by atoms with E-state index >= 15 is 0 Å². The average Bonchev–Trinajstić information content (AvgIpc) is 3.11. The zero-order valence-electron chi connectivity index (χ0n) is 15.4. The Morgan fingerprint density at radius 2 is 1.86 bits per heavy atom. The molecular formula is C21H19ClFN3O3. The standard InChI is InChI=1S/C21H19ClFN3O3/c22-16-5-1-12(10-17(16)23)18-7-3-15(4-8-20(27)28)26(18)19-6-2-13(21(25)29)9-14(19)11-24/h1-3,5-7,9-10H,4,8,11,24H2,(H2,25,29)(H,27,28). The average molecular weight is 416 g/mol. The van der Waals surface area contributed by atoms with E-state index in [4.69, 9.17) is 28.2 Å². The quantitative estimate of drug-likeness (QED) is 0.548. The normalized spacial score (nSPS) is 10.9. The Hall–Kier alpha value is -3.16. The molecule has 5 N–H and O–H groups in total. The number of primary amides is 1. The van der Waals surface area contributed by atoms with Gasteiger partial charge in [0.05, 0.1) is 22.8 Å². The number of amides is 1. The molecule has 0 aliphatic rings. The number of aliphatic carboxylic acids is 1. The van der Waals surface area contributed by atoms with Gasteiger partial charge in [-0.1, -0.05) is 17.7 Å². The molecule has 2 aromatic carbocycles. The molecule has 29 heavy (non-hydrogen) atoms. The van der Waals surface area contributed by atoms with Gasteiger partial charge in [0.2, 0.25) is 5.91 Å². The minimum absolute atomic E-state index is 0.00594. The van der Waals surface area contributed by atoms with Gasteiger partial charge in [-0.15, -0.1) is 0 Å². The molecule has 0 unspecified atom stereocenters. The van der Waals surface area contributed by atoms with Gasteiger partial charge < -0.3 is 21.1 Å². The maximum atomic E-state index is 14.1. The molecule has 0 radical (unpaired) electrons. The van der Waals surface area contributed by atoms with E-state index in [9.17, 15) is 14.0 Å². The number of carbonyl (C=O) groups excluding carboxylic acids is 1. The van der Waals surface area contributed by atoms with Crippen LogP contribution in [0.25, 0.3) is 16.9 Å². The summed E-state index contributed by atoms with van der Waals surface area (Å²) in [5.41, 5.74) is 14.8. The number of hydrogen-bond acceptors (Lipinski definition) is 3. The van der Waals surface area contributed by atoms with Crippen LogP contribution < -0.4 is 11.5 Å². The van der Waals surface area contributed by atoms with Crippen molar-refractivity contribution in [1.29, 1.82) is 0 Å². The number of carboxylic acid groups (broad SMARTS) is 1. The van der Waals surface area contributed by atoms with E-state index in [0.717, 1.165) is 0 Å². The highest BCUT2D eigenvalue weighted by molar-refractivity contribution is 6.30. The summed E-state index contributed by atoms with van der Waals surface area (Å²) >= 11 is 5.80. The van der Waals surface area contributed by atoms with Gasteiger partial charge >= 0.3 is 5.97 Å². The highest BCUT2D eigenvalue weighted by atomic mass is 35.5. The fourth-order valence-corrected chi connectivity index (χ4v) is 3.31. The molecule has 0 aliphatic heterocycles. The lowest BCUT2D eigenvalue weighted by atomic mass is 10.1. The van der Waals surface area contributed by atoms with Crippen molar-refractivity contribution in [2.45, 2.75) is 19.4 Å². The molecule has 6 nitrogen and oxygen atoms in total. The molecule has 1 amide bonds. The van der Waals surface area contributed by atoms with Crippen LogP contribution in [0.5, 0.6) is 0 Å². The minimum Gasteiger partial charge on any atom is -0.481 e. The first-order valence-electron chi connectivity index (χ1n) is 8.82. The smallest absolute Gasteiger partial charge is 0.303 e. The van der Waals surface area contributed by atoms with Gasteiger partial charge in [-0.05, 0) is 54.4 Å². The molecule has 0 saturated heterocycles. The fourth-order valence-electron chi connectivity index (χ4n) is 3.19. The number of halogens is 2. The van der Waals surface area contributed by atoms with Gasteiger partial charge in [-0.2, -0.15) is 0 Å². The zero-order valence-corrected chi connectivity index (χ0v) is 16.1. The summed E-state index contributed by atoms with van der Waals surface area (Å²) in [6.07, 6.45) is 0.183. The fraction of sp³-hybridized carbons (Fsp3) is 0.143. The second-order valence-electron chi connectivity index (χ2n) is 6.48. The Kier molecular flexibility index (Phi) is 6.00. The summed E-state index contributed by atoms with van der Waals surface area (Å²) in [6, 6.07) is 12.9. The van der Waals surface area contributed by atoms with Gasteiger partial charge in [0, 0.05) is 23.4 Å². The van der Waals surface area contributed by atoms with Crippen LogP contribution in [0.2, 0.25) is 5.02 Å². The topological polar surface area (TPSA) is 111 Å². The highest BCUT2D eigenvalue weighted by Crippen LogP contribution is 2.31. The number of carboxylic acids is 1. The van der Waals surface area contributed by atoms with Gasteiger partial charge in [-0.3, -0.25) is 9.59 Å². The highest BCUT2D eigenvalue weighted by Gasteiger charge is 2.17. The first-order chi connectivity index (χ1) is 13.8. The number of rotatable bonds is 7. The second kappa shape index (κ2) is 8.46. The van der Waals surface area contributed by atoms with E-state index in [0.29, 0.717) is 33.8 Å². The SMILES string of the molecule is NCc1cc(C(N)=O)ccc1-n1c(CCC(=O)O)ccc1-c1ccc(Cl)c(F)c1. The van der Waals surface area contributed by atoms with E-state index in [-0.39, 0.29) is 24.4 Å². The summed E-state index contributed by atoms with van der Waals surface area (Å²) in [5, 5.41) is 9.09. The minimum atomic E-state index is -0.931. The van der Waals surface area contributed by atoms with Crippen molar-refractivity contribution in [1.82, 2.24) is 4.57 Å². The number of nitrogens with zero attached hydrogens (tertiary/aromatic N) is 1. The number of nitrogens with two attached hydrogens (primary N) is 2. The van der Waals surface area contributed by atoms with Crippen molar-refractivity contribution in [3.8, 4) is 16.9 Å². The van der Waals surface area contributed by atoms with Crippen LogP contribution in [0.3, 0.4) is 0 Å². The van der Waals surface area contributed by atoms with Crippen LogP contribution in [0, 0.1) is 5.82 Å². The third-order valence-electron chi connectivity index (χ3n) is 4.60. The molecule has 0 bridgehead atoms. The van der Waals surface area contributed by atoms with Crippen LogP contribution in [0.4, 0.5) is 4.39 Å². The maximum absolute atomic E-state index is 14.1. The lowest BCUT2D eigenvalue weighted by Gasteiger charge is -2.18. The molecule has 150 valence electrons. The Bertz CT molecular complexity index is 1090. The third kappa shape index (κ3) is 4.31. The van der Waals surface area contributed by atoms with Crippen molar-refractivity contribution < 1.29 is 19.1 Å². The van der Waals surface area contributed by atoms with E-state index in [1.807, 2.05) is 4.57 Å². The third-order valence-corrected chi connectivity index (χ3v) is 4.90. The summed E-state index contributed by atoms with van der Waals surface area (Å²) in [5.74, 6) is -2.07. The van der Waals surface area contributed by atoms with Crippen LogP contribution >= 0.6 is 11.6 Å². The molecule has 3 rings (SSSR count). The molecule has 3 aromatic rings. The lowest BCUT2D eigenvalue weighted by molar-refractivity contribution is -0.136. The first kappa shape index (κ1) is 20.6. The molecule has 8 heteroatoms. The Morgan fingerprint density at radius 3 is 2.48 bits per heavy atom. The molecule has 0 atom stereocenters. The monoisotopic (exact) mass is 415 g/mol. The Morgan fingerprint density at radius 1 is 1.10 bits per heavy atom. The van der Waals surface area contributed by atoms with Gasteiger partial charge in [0.1, 0.15) is 5.82 Å². The summed E-state index contributed by atoms with van der Waals surface area (Å²) < 4.78 is 15.9. The van der Waals surface area contributed by atoms with Crippen molar-refractivity contribution in [2.24, 2.45) is 11.5 Å².